The van der Waals surface area contributed by atoms with Crippen molar-refractivity contribution in [1.82, 2.24) is 9.55 Å². The second-order valence-corrected chi connectivity index (χ2v) is 6.22. The molecule has 3 aromatic rings. The van der Waals surface area contributed by atoms with Gasteiger partial charge in [0.1, 0.15) is 23.2 Å². The summed E-state index contributed by atoms with van der Waals surface area (Å²) in [6.07, 6.45) is 3.18. The van der Waals surface area contributed by atoms with Crippen LogP contribution in [0.4, 0.5) is 0 Å². The average Bonchev–Trinajstić information content (AvgIpc) is 3.19. The van der Waals surface area contributed by atoms with Crippen LogP contribution >= 0.6 is 0 Å². The predicted octanol–water partition coefficient (Wildman–Crippen LogP) is 2.41. The maximum Gasteiger partial charge on any atom is 0.259 e. The number of nitriles is 1. The second-order valence-electron chi connectivity index (χ2n) is 6.22. The van der Waals surface area contributed by atoms with Crippen LogP contribution in [0, 0.1) is 18.3 Å². The number of hydrogen-bond donors (Lipinski definition) is 1. The minimum atomic E-state index is -0.711. The number of nitrogens with two attached hydrogens (primary N) is 1. The van der Waals surface area contributed by atoms with E-state index in [1.165, 1.54) is 6.26 Å². The van der Waals surface area contributed by atoms with Crippen LogP contribution in [0.15, 0.2) is 69.5 Å². The zero-order valence-electron chi connectivity index (χ0n) is 14.5. The van der Waals surface area contributed by atoms with Gasteiger partial charge in [0, 0.05) is 18.0 Å². The minimum absolute atomic E-state index is 0.0207. The highest BCUT2D eigenvalue weighted by Gasteiger charge is 2.36. The van der Waals surface area contributed by atoms with Gasteiger partial charge in [-0.15, -0.1) is 0 Å². The van der Waals surface area contributed by atoms with Crippen molar-refractivity contribution in [3.05, 3.63) is 93.4 Å². The van der Waals surface area contributed by atoms with E-state index in [-0.39, 0.29) is 17.0 Å². The van der Waals surface area contributed by atoms with E-state index in [4.69, 9.17) is 14.9 Å². The van der Waals surface area contributed by atoms with E-state index in [0.717, 1.165) is 5.69 Å². The molecule has 0 spiro atoms. The summed E-state index contributed by atoms with van der Waals surface area (Å²) < 4.78 is 12.7. The zero-order chi connectivity index (χ0) is 19.0. The molecule has 1 aliphatic heterocycles. The summed E-state index contributed by atoms with van der Waals surface area (Å²) in [5.41, 5.74) is 7.62. The zero-order valence-corrected chi connectivity index (χ0v) is 14.5. The average molecular weight is 360 g/mol. The summed E-state index contributed by atoms with van der Waals surface area (Å²) >= 11 is 0. The van der Waals surface area contributed by atoms with Gasteiger partial charge in [-0.1, -0.05) is 6.07 Å². The predicted molar refractivity (Wildman–Crippen MR) is 96.8 cm³/mol. The SMILES string of the molecule is Cc1cc2c(c(=O)n1Cc1ccccn1)[C@@H](c1ccco1)C(C#N)=C(N)O2. The Morgan fingerprint density at radius 3 is 2.85 bits per heavy atom. The molecular formula is C20H16N4O3. The number of rotatable bonds is 3. The fraction of sp³-hybridized carbons (Fsp3) is 0.150. The summed E-state index contributed by atoms with van der Waals surface area (Å²) in [4.78, 5) is 17.6. The Hall–Kier alpha value is -3.79. The van der Waals surface area contributed by atoms with Crippen LogP contribution in [0.5, 0.6) is 5.75 Å². The van der Waals surface area contributed by atoms with Crippen LogP contribution in [0.3, 0.4) is 0 Å². The van der Waals surface area contributed by atoms with Crippen molar-refractivity contribution < 1.29 is 9.15 Å². The van der Waals surface area contributed by atoms with Gasteiger partial charge < -0.3 is 19.5 Å². The lowest BCUT2D eigenvalue weighted by atomic mass is 9.88. The number of allylic oxidation sites excluding steroid dienone is 1. The first-order chi connectivity index (χ1) is 13.1. The second kappa shape index (κ2) is 6.50. The van der Waals surface area contributed by atoms with Gasteiger partial charge >= 0.3 is 0 Å². The van der Waals surface area contributed by atoms with E-state index in [1.54, 1.807) is 29.0 Å². The first-order valence-electron chi connectivity index (χ1n) is 8.35. The van der Waals surface area contributed by atoms with Crippen molar-refractivity contribution in [1.29, 1.82) is 5.26 Å². The number of aryl methyl sites for hydroxylation is 1. The Morgan fingerprint density at radius 1 is 1.33 bits per heavy atom. The number of hydrogen-bond acceptors (Lipinski definition) is 6. The standard InChI is InChI=1S/C20H16N4O3/c1-12-9-16-18(20(25)24(12)11-13-5-2-3-7-23-13)17(15-6-4-8-26-15)14(10-21)19(22)27-16/h2-9,17H,11,22H2,1H3/t17-/m1/s1. The van der Waals surface area contributed by atoms with Gasteiger partial charge in [-0.05, 0) is 31.2 Å². The topological polar surface area (TPSA) is 107 Å². The van der Waals surface area contributed by atoms with Crippen LogP contribution in [0.2, 0.25) is 0 Å². The van der Waals surface area contributed by atoms with Crippen LogP contribution in [0.25, 0.3) is 0 Å². The van der Waals surface area contributed by atoms with Gasteiger partial charge in [0.15, 0.2) is 0 Å². The lowest BCUT2D eigenvalue weighted by Gasteiger charge is -2.25. The van der Waals surface area contributed by atoms with Gasteiger partial charge in [-0.3, -0.25) is 9.78 Å². The number of aromatic nitrogens is 2. The highest BCUT2D eigenvalue weighted by Crippen LogP contribution is 2.40. The highest BCUT2D eigenvalue weighted by atomic mass is 16.5. The smallest absolute Gasteiger partial charge is 0.259 e. The van der Waals surface area contributed by atoms with E-state index >= 15 is 0 Å². The molecule has 1 aliphatic rings. The molecule has 0 fully saturated rings. The first-order valence-corrected chi connectivity index (χ1v) is 8.35. The minimum Gasteiger partial charge on any atom is -0.468 e. The first kappa shape index (κ1) is 16.7. The number of nitrogens with zero attached hydrogens (tertiary/aromatic N) is 3. The maximum atomic E-state index is 13.4. The van der Waals surface area contributed by atoms with Crippen LogP contribution in [0.1, 0.15) is 28.6 Å². The van der Waals surface area contributed by atoms with Crippen molar-refractivity contribution >= 4 is 0 Å². The van der Waals surface area contributed by atoms with Crippen LogP contribution in [-0.4, -0.2) is 9.55 Å². The number of ether oxygens (including phenoxy) is 1. The quantitative estimate of drug-likeness (QED) is 0.768. The van der Waals surface area contributed by atoms with E-state index in [1.807, 2.05) is 25.1 Å². The van der Waals surface area contributed by atoms with Crippen molar-refractivity contribution in [3.63, 3.8) is 0 Å². The Labute approximate surface area is 154 Å². The van der Waals surface area contributed by atoms with Crippen molar-refractivity contribution in [3.8, 4) is 11.8 Å². The third-order valence-corrected chi connectivity index (χ3v) is 4.56. The van der Waals surface area contributed by atoms with Gasteiger partial charge in [0.05, 0.1) is 30.0 Å². The molecule has 0 saturated carbocycles. The maximum absolute atomic E-state index is 13.4. The monoisotopic (exact) mass is 360 g/mol. The fourth-order valence-electron chi connectivity index (χ4n) is 3.28. The molecule has 27 heavy (non-hydrogen) atoms. The third-order valence-electron chi connectivity index (χ3n) is 4.56. The summed E-state index contributed by atoms with van der Waals surface area (Å²) in [5, 5.41) is 9.58. The molecule has 2 N–H and O–H groups in total. The molecular weight excluding hydrogens is 344 g/mol. The molecule has 4 rings (SSSR count). The Bertz CT molecular complexity index is 1120. The van der Waals surface area contributed by atoms with Crippen LogP contribution in [-0.2, 0) is 6.54 Å². The van der Waals surface area contributed by atoms with Crippen molar-refractivity contribution in [2.24, 2.45) is 5.73 Å². The van der Waals surface area contributed by atoms with Gasteiger partial charge in [-0.25, -0.2) is 0 Å². The van der Waals surface area contributed by atoms with Gasteiger partial charge in [0.2, 0.25) is 5.88 Å². The van der Waals surface area contributed by atoms with Gasteiger partial charge in [-0.2, -0.15) is 5.26 Å². The molecule has 3 aromatic heterocycles. The molecule has 0 bridgehead atoms. The van der Waals surface area contributed by atoms with Crippen molar-refractivity contribution in [2.75, 3.05) is 0 Å². The summed E-state index contributed by atoms with van der Waals surface area (Å²) in [6.45, 7) is 2.13. The van der Waals surface area contributed by atoms with E-state index in [2.05, 4.69) is 11.1 Å². The lowest BCUT2D eigenvalue weighted by Crippen LogP contribution is -2.33. The molecule has 7 heteroatoms. The largest absolute Gasteiger partial charge is 0.468 e. The third kappa shape index (κ3) is 2.77. The molecule has 0 saturated heterocycles. The van der Waals surface area contributed by atoms with Crippen molar-refractivity contribution in [2.45, 2.75) is 19.4 Å². The molecule has 134 valence electrons. The Kier molecular flexibility index (Phi) is 4.01. The number of fused-ring (bicyclic) bond motifs is 1. The molecule has 0 unspecified atom stereocenters. The van der Waals surface area contributed by atoms with E-state index in [0.29, 0.717) is 29.3 Å². The molecule has 7 nitrogen and oxygen atoms in total. The fourth-order valence-corrected chi connectivity index (χ4v) is 3.28. The Balaban J connectivity index is 1.92. The Morgan fingerprint density at radius 2 is 2.19 bits per heavy atom. The normalized spacial score (nSPS) is 15.8. The summed E-state index contributed by atoms with van der Waals surface area (Å²) in [7, 11) is 0. The van der Waals surface area contributed by atoms with Crippen LogP contribution < -0.4 is 16.0 Å². The number of furan rings is 1. The van der Waals surface area contributed by atoms with E-state index in [9.17, 15) is 10.1 Å². The lowest BCUT2D eigenvalue weighted by molar-refractivity contribution is 0.379. The molecule has 0 aliphatic carbocycles. The van der Waals surface area contributed by atoms with E-state index < -0.39 is 5.92 Å². The summed E-state index contributed by atoms with van der Waals surface area (Å²) in [5.74, 6) is 0.0709. The van der Waals surface area contributed by atoms with Gasteiger partial charge in [0.25, 0.3) is 5.56 Å². The molecule has 0 radical (unpaired) electrons. The summed E-state index contributed by atoms with van der Waals surface area (Å²) in [6, 6.07) is 12.8. The molecule has 0 aromatic carbocycles. The molecule has 0 amide bonds. The highest BCUT2D eigenvalue weighted by molar-refractivity contribution is 5.53. The molecule has 4 heterocycles. The molecule has 1 atom stereocenters. The number of pyridine rings is 2.